The molecule has 100 valence electrons. The van der Waals surface area contributed by atoms with Gasteiger partial charge in [0.15, 0.2) is 0 Å². The summed E-state index contributed by atoms with van der Waals surface area (Å²) in [5, 5.41) is 13.5. The quantitative estimate of drug-likeness (QED) is 0.757. The van der Waals surface area contributed by atoms with Gasteiger partial charge in [0, 0.05) is 19.2 Å². The van der Waals surface area contributed by atoms with Gasteiger partial charge in [0.25, 0.3) is 0 Å². The summed E-state index contributed by atoms with van der Waals surface area (Å²) in [5.41, 5.74) is -0.0799. The molecule has 0 fully saturated rings. The Balaban J connectivity index is 2.44. The summed E-state index contributed by atoms with van der Waals surface area (Å²) in [7, 11) is 0. The van der Waals surface area contributed by atoms with E-state index >= 15 is 0 Å². The summed E-state index contributed by atoms with van der Waals surface area (Å²) >= 11 is 0. The van der Waals surface area contributed by atoms with Crippen molar-refractivity contribution in [2.24, 2.45) is 5.92 Å². The molecule has 18 heavy (non-hydrogen) atoms. The normalized spacial score (nSPS) is 12.0. The molecule has 1 rings (SSSR count). The molecule has 1 aromatic carbocycles. The van der Waals surface area contributed by atoms with Gasteiger partial charge in [-0.15, -0.1) is 0 Å². The minimum Gasteiger partial charge on any atom is -0.396 e. The molecule has 6 heteroatoms. The van der Waals surface area contributed by atoms with Gasteiger partial charge < -0.3 is 15.7 Å². The molecule has 0 heterocycles. The van der Waals surface area contributed by atoms with E-state index in [1.165, 1.54) is 0 Å². The molecule has 1 unspecified atom stereocenters. The van der Waals surface area contributed by atoms with Crippen LogP contribution in [0.4, 0.5) is 19.3 Å². The van der Waals surface area contributed by atoms with E-state index in [1.54, 1.807) is 0 Å². The van der Waals surface area contributed by atoms with Crippen molar-refractivity contribution >= 4 is 11.7 Å². The monoisotopic (exact) mass is 258 g/mol. The highest BCUT2D eigenvalue weighted by Crippen LogP contribution is 2.14. The van der Waals surface area contributed by atoms with Crippen LogP contribution in [0.25, 0.3) is 0 Å². The van der Waals surface area contributed by atoms with Crippen molar-refractivity contribution in [1.82, 2.24) is 5.32 Å². The number of aliphatic hydroxyl groups is 1. The Kier molecular flexibility index (Phi) is 5.51. The van der Waals surface area contributed by atoms with E-state index in [-0.39, 0.29) is 18.2 Å². The highest BCUT2D eigenvalue weighted by molar-refractivity contribution is 5.89. The van der Waals surface area contributed by atoms with Gasteiger partial charge in [0.1, 0.15) is 11.6 Å². The minimum atomic E-state index is -0.825. The lowest BCUT2D eigenvalue weighted by molar-refractivity contribution is 0.243. The molecule has 3 N–H and O–H groups in total. The molecular weight excluding hydrogens is 242 g/mol. The maximum absolute atomic E-state index is 13.2. The van der Waals surface area contributed by atoms with Crippen molar-refractivity contribution in [1.29, 1.82) is 0 Å². The molecule has 1 aromatic rings. The van der Waals surface area contributed by atoms with Crippen LogP contribution in [0.15, 0.2) is 18.2 Å². The molecule has 0 saturated carbocycles. The Bertz CT molecular complexity index is 413. The molecule has 1 atom stereocenters. The van der Waals surface area contributed by atoms with Crippen LogP contribution in [0.2, 0.25) is 0 Å². The zero-order valence-corrected chi connectivity index (χ0v) is 10.0. The first-order chi connectivity index (χ1) is 8.52. The fourth-order valence-electron chi connectivity index (χ4n) is 1.35. The van der Waals surface area contributed by atoms with Crippen molar-refractivity contribution < 1.29 is 18.7 Å². The summed E-state index contributed by atoms with van der Waals surface area (Å²) < 4.78 is 25.8. The highest BCUT2D eigenvalue weighted by Gasteiger charge is 2.08. The van der Waals surface area contributed by atoms with Crippen LogP contribution in [0.3, 0.4) is 0 Å². The van der Waals surface area contributed by atoms with E-state index in [1.807, 2.05) is 6.92 Å². The zero-order valence-electron chi connectivity index (χ0n) is 10.0. The Morgan fingerprint density at radius 2 is 2.17 bits per heavy atom. The lowest BCUT2D eigenvalue weighted by Crippen LogP contribution is -2.32. The lowest BCUT2D eigenvalue weighted by atomic mass is 10.1. The van der Waals surface area contributed by atoms with Crippen LogP contribution >= 0.6 is 0 Å². The molecule has 2 amide bonds. The van der Waals surface area contributed by atoms with Gasteiger partial charge >= 0.3 is 6.03 Å². The van der Waals surface area contributed by atoms with E-state index in [0.717, 1.165) is 12.1 Å². The van der Waals surface area contributed by atoms with E-state index in [2.05, 4.69) is 10.6 Å². The van der Waals surface area contributed by atoms with Gasteiger partial charge in [0.2, 0.25) is 0 Å². The molecule has 0 aromatic heterocycles. The van der Waals surface area contributed by atoms with Crippen molar-refractivity contribution in [3.05, 3.63) is 29.8 Å². The number of nitrogens with one attached hydrogen (secondary N) is 2. The van der Waals surface area contributed by atoms with Crippen molar-refractivity contribution in [3.8, 4) is 0 Å². The fraction of sp³-hybridized carbons (Fsp3) is 0.417. The Labute approximate surface area is 104 Å². The Morgan fingerprint density at radius 1 is 1.44 bits per heavy atom. The number of carbonyl (C=O) groups is 1. The van der Waals surface area contributed by atoms with E-state index < -0.39 is 17.7 Å². The van der Waals surface area contributed by atoms with Gasteiger partial charge in [0.05, 0.1) is 5.69 Å². The minimum absolute atomic E-state index is 0.0526. The van der Waals surface area contributed by atoms with Gasteiger partial charge in [-0.05, 0) is 24.5 Å². The van der Waals surface area contributed by atoms with Crippen LogP contribution in [0, 0.1) is 17.6 Å². The third-order valence-corrected chi connectivity index (χ3v) is 2.41. The lowest BCUT2D eigenvalue weighted by Gasteiger charge is -2.12. The summed E-state index contributed by atoms with van der Waals surface area (Å²) in [6.07, 6.45) is 0.575. The summed E-state index contributed by atoms with van der Waals surface area (Å²) in [6, 6.07) is 2.35. The number of hydrogen-bond donors (Lipinski definition) is 3. The number of anilines is 1. The molecular formula is C12H16F2N2O2. The standard InChI is InChI=1S/C12H16F2N2O2/c1-8(4-5-17)7-15-12(18)16-11-3-2-9(13)6-10(11)14/h2-3,6,8,17H,4-5,7H2,1H3,(H2,15,16,18). The predicted molar refractivity (Wildman–Crippen MR) is 64.2 cm³/mol. The molecule has 0 aliphatic rings. The second kappa shape index (κ2) is 6.90. The first kappa shape index (κ1) is 14.4. The number of carbonyl (C=O) groups excluding carboxylic acids is 1. The molecule has 0 aliphatic heterocycles. The van der Waals surface area contributed by atoms with Crippen molar-refractivity contribution in [3.63, 3.8) is 0 Å². The van der Waals surface area contributed by atoms with Crippen LogP contribution in [-0.2, 0) is 0 Å². The SMILES string of the molecule is CC(CCO)CNC(=O)Nc1ccc(F)cc1F. The maximum atomic E-state index is 13.2. The van der Waals surface area contributed by atoms with E-state index in [0.29, 0.717) is 19.0 Å². The van der Waals surface area contributed by atoms with Gasteiger partial charge in [-0.2, -0.15) is 0 Å². The number of halogens is 2. The van der Waals surface area contributed by atoms with Crippen LogP contribution < -0.4 is 10.6 Å². The predicted octanol–water partition coefficient (Wildman–Crippen LogP) is 2.10. The number of benzene rings is 1. The second-order valence-electron chi connectivity index (χ2n) is 4.08. The van der Waals surface area contributed by atoms with Crippen LogP contribution in [0.5, 0.6) is 0 Å². The Morgan fingerprint density at radius 3 is 2.78 bits per heavy atom. The number of hydrogen-bond acceptors (Lipinski definition) is 2. The zero-order chi connectivity index (χ0) is 13.5. The molecule has 0 bridgehead atoms. The van der Waals surface area contributed by atoms with Crippen molar-refractivity contribution in [2.45, 2.75) is 13.3 Å². The molecule has 0 saturated heterocycles. The topological polar surface area (TPSA) is 61.4 Å². The smallest absolute Gasteiger partial charge is 0.319 e. The summed E-state index contributed by atoms with van der Waals surface area (Å²) in [4.78, 5) is 11.4. The second-order valence-corrected chi connectivity index (χ2v) is 4.08. The average molecular weight is 258 g/mol. The molecule has 4 nitrogen and oxygen atoms in total. The Hall–Kier alpha value is -1.69. The number of rotatable bonds is 5. The summed E-state index contributed by atoms with van der Waals surface area (Å²) in [6.45, 7) is 2.29. The van der Waals surface area contributed by atoms with Crippen molar-refractivity contribution in [2.75, 3.05) is 18.5 Å². The van der Waals surface area contributed by atoms with Gasteiger partial charge in [-0.25, -0.2) is 13.6 Å². The average Bonchev–Trinajstić information content (AvgIpc) is 2.31. The van der Waals surface area contributed by atoms with Gasteiger partial charge in [-0.1, -0.05) is 6.92 Å². The molecule has 0 radical (unpaired) electrons. The maximum Gasteiger partial charge on any atom is 0.319 e. The first-order valence-electron chi connectivity index (χ1n) is 5.63. The largest absolute Gasteiger partial charge is 0.396 e. The first-order valence-corrected chi connectivity index (χ1v) is 5.63. The number of amides is 2. The number of urea groups is 1. The van der Waals surface area contributed by atoms with Crippen LogP contribution in [0.1, 0.15) is 13.3 Å². The molecule has 0 spiro atoms. The molecule has 0 aliphatic carbocycles. The third-order valence-electron chi connectivity index (χ3n) is 2.41. The number of aliphatic hydroxyl groups excluding tert-OH is 1. The fourth-order valence-corrected chi connectivity index (χ4v) is 1.35. The van der Waals surface area contributed by atoms with Gasteiger partial charge in [-0.3, -0.25) is 0 Å². The summed E-state index contributed by atoms with van der Waals surface area (Å²) in [5.74, 6) is -1.40. The highest BCUT2D eigenvalue weighted by atomic mass is 19.1. The van der Waals surface area contributed by atoms with E-state index in [4.69, 9.17) is 5.11 Å². The van der Waals surface area contributed by atoms with E-state index in [9.17, 15) is 13.6 Å². The van der Waals surface area contributed by atoms with Crippen LogP contribution in [-0.4, -0.2) is 24.3 Å². The third kappa shape index (κ3) is 4.67.